The van der Waals surface area contributed by atoms with Gasteiger partial charge < -0.3 is 4.90 Å². The molecule has 2 aliphatic heterocycles. The predicted octanol–water partition coefficient (Wildman–Crippen LogP) is 2.03. The zero-order valence-electron chi connectivity index (χ0n) is 13.6. The zero-order chi connectivity index (χ0) is 16.0. The highest BCUT2D eigenvalue weighted by molar-refractivity contribution is 7.99. The number of carbonyl (C=O) groups excluding carboxylic acids is 1. The minimum Gasteiger partial charge on any atom is -0.343 e. The number of likely N-dealkylation sites (tertiary alicyclic amines) is 1. The molecule has 0 saturated carbocycles. The van der Waals surface area contributed by atoms with Crippen LogP contribution in [0, 0.1) is 5.92 Å². The number of nitrogens with zero attached hydrogens (tertiary/aromatic N) is 3. The summed E-state index contributed by atoms with van der Waals surface area (Å²) in [6.45, 7) is 3.98. The molecule has 1 aliphatic carbocycles. The van der Waals surface area contributed by atoms with Gasteiger partial charge in [0.25, 0.3) is 5.56 Å². The largest absolute Gasteiger partial charge is 0.343 e. The minimum atomic E-state index is -0.0206. The molecule has 1 aromatic heterocycles. The number of carbonyl (C=O) groups is 1. The standard InChI is InChI=1S/C17H23N3O2S/c1-11-5-7-19(8-6-11)15(21)9-12-10-23-17-18-14-4-2-3-13(14)16(22)20(12)17/h11-12H,2-10H2,1H3. The summed E-state index contributed by atoms with van der Waals surface area (Å²) in [5, 5.41) is 0.820. The molecular weight excluding hydrogens is 310 g/mol. The van der Waals surface area contributed by atoms with Crippen molar-refractivity contribution in [3.63, 3.8) is 0 Å². The number of aryl methyl sites for hydroxylation is 1. The zero-order valence-corrected chi connectivity index (χ0v) is 14.4. The van der Waals surface area contributed by atoms with E-state index in [1.54, 1.807) is 16.3 Å². The van der Waals surface area contributed by atoms with Crippen LogP contribution in [0.4, 0.5) is 0 Å². The molecule has 1 fully saturated rings. The molecule has 1 atom stereocenters. The van der Waals surface area contributed by atoms with Crippen LogP contribution in [-0.4, -0.2) is 39.2 Å². The summed E-state index contributed by atoms with van der Waals surface area (Å²) < 4.78 is 1.80. The number of hydrogen-bond acceptors (Lipinski definition) is 4. The van der Waals surface area contributed by atoms with Crippen molar-refractivity contribution in [2.24, 2.45) is 5.92 Å². The van der Waals surface area contributed by atoms with Crippen LogP contribution in [0.5, 0.6) is 0 Å². The van der Waals surface area contributed by atoms with Crippen molar-refractivity contribution in [1.29, 1.82) is 0 Å². The van der Waals surface area contributed by atoms with Crippen molar-refractivity contribution >= 4 is 17.7 Å². The van der Waals surface area contributed by atoms with Crippen LogP contribution in [0.15, 0.2) is 9.95 Å². The first kappa shape index (κ1) is 15.2. The van der Waals surface area contributed by atoms with Gasteiger partial charge in [-0.2, -0.15) is 0 Å². The fourth-order valence-corrected chi connectivity index (χ4v) is 5.05. The molecule has 5 nitrogen and oxygen atoms in total. The molecule has 3 aliphatic rings. The molecule has 23 heavy (non-hydrogen) atoms. The van der Waals surface area contributed by atoms with E-state index in [4.69, 9.17) is 0 Å². The number of fused-ring (bicyclic) bond motifs is 2. The lowest BCUT2D eigenvalue weighted by Gasteiger charge is -2.31. The van der Waals surface area contributed by atoms with Crippen molar-refractivity contribution in [2.75, 3.05) is 18.8 Å². The van der Waals surface area contributed by atoms with Crippen LogP contribution in [-0.2, 0) is 17.6 Å². The van der Waals surface area contributed by atoms with Gasteiger partial charge in [0.1, 0.15) is 0 Å². The summed E-state index contributed by atoms with van der Waals surface area (Å²) in [4.78, 5) is 32.0. The highest BCUT2D eigenvalue weighted by atomic mass is 32.2. The predicted molar refractivity (Wildman–Crippen MR) is 89.9 cm³/mol. The summed E-state index contributed by atoms with van der Waals surface area (Å²) in [6, 6.07) is -0.0206. The summed E-state index contributed by atoms with van der Waals surface area (Å²) in [7, 11) is 0. The second-order valence-corrected chi connectivity index (χ2v) is 8.07. The molecule has 0 N–H and O–H groups in total. The Labute approximate surface area is 140 Å². The van der Waals surface area contributed by atoms with E-state index < -0.39 is 0 Å². The minimum absolute atomic E-state index is 0.0206. The van der Waals surface area contributed by atoms with Gasteiger partial charge in [-0.1, -0.05) is 18.7 Å². The van der Waals surface area contributed by atoms with Crippen molar-refractivity contribution in [3.8, 4) is 0 Å². The second-order valence-electron chi connectivity index (χ2n) is 7.08. The second kappa shape index (κ2) is 5.96. The van der Waals surface area contributed by atoms with Crippen molar-refractivity contribution < 1.29 is 4.79 Å². The first-order valence-electron chi connectivity index (χ1n) is 8.68. The molecule has 124 valence electrons. The van der Waals surface area contributed by atoms with Crippen LogP contribution >= 0.6 is 11.8 Å². The third-order valence-corrected chi connectivity index (χ3v) is 6.52. The molecule has 0 aromatic carbocycles. The van der Waals surface area contributed by atoms with E-state index in [1.165, 1.54) is 0 Å². The molecule has 0 radical (unpaired) electrons. The fraction of sp³-hybridized carbons (Fsp3) is 0.706. The van der Waals surface area contributed by atoms with Gasteiger partial charge in [-0.25, -0.2) is 4.98 Å². The van der Waals surface area contributed by atoms with Gasteiger partial charge in [0.05, 0.1) is 11.7 Å². The molecular formula is C17H23N3O2S. The molecule has 4 rings (SSSR count). The molecule has 0 spiro atoms. The lowest BCUT2D eigenvalue weighted by Crippen LogP contribution is -2.39. The van der Waals surface area contributed by atoms with Crippen LogP contribution < -0.4 is 5.56 Å². The highest BCUT2D eigenvalue weighted by Gasteiger charge is 2.32. The van der Waals surface area contributed by atoms with Crippen LogP contribution in [0.2, 0.25) is 0 Å². The van der Waals surface area contributed by atoms with Crippen molar-refractivity contribution in [2.45, 2.75) is 56.6 Å². The number of rotatable bonds is 2. The van der Waals surface area contributed by atoms with Crippen LogP contribution in [0.3, 0.4) is 0 Å². The van der Waals surface area contributed by atoms with E-state index in [9.17, 15) is 9.59 Å². The average Bonchev–Trinajstić information content (AvgIpc) is 3.16. The summed E-state index contributed by atoms with van der Waals surface area (Å²) in [6.07, 6.45) is 5.43. The highest BCUT2D eigenvalue weighted by Crippen LogP contribution is 2.34. The Morgan fingerprint density at radius 2 is 2.09 bits per heavy atom. The average molecular weight is 333 g/mol. The molecule has 1 aromatic rings. The molecule has 1 unspecified atom stereocenters. The molecule has 0 bridgehead atoms. The molecule has 3 heterocycles. The molecule has 6 heteroatoms. The van der Waals surface area contributed by atoms with Crippen molar-refractivity contribution in [1.82, 2.24) is 14.5 Å². The third-order valence-electron chi connectivity index (χ3n) is 5.42. The van der Waals surface area contributed by atoms with Gasteiger partial charge >= 0.3 is 0 Å². The Morgan fingerprint density at radius 1 is 1.30 bits per heavy atom. The van der Waals surface area contributed by atoms with E-state index in [0.717, 1.165) is 73.3 Å². The maximum absolute atomic E-state index is 12.7. The Morgan fingerprint density at radius 3 is 2.87 bits per heavy atom. The summed E-state index contributed by atoms with van der Waals surface area (Å²) in [5.41, 5.74) is 1.99. The van der Waals surface area contributed by atoms with Gasteiger partial charge in [0.15, 0.2) is 5.16 Å². The van der Waals surface area contributed by atoms with E-state index in [2.05, 4.69) is 11.9 Å². The summed E-state index contributed by atoms with van der Waals surface area (Å²) in [5.74, 6) is 1.71. The lowest BCUT2D eigenvalue weighted by atomic mass is 9.99. The molecule has 1 saturated heterocycles. The smallest absolute Gasteiger partial charge is 0.257 e. The number of amides is 1. The Hall–Kier alpha value is -1.30. The summed E-state index contributed by atoms with van der Waals surface area (Å²) >= 11 is 1.63. The SMILES string of the molecule is CC1CCN(C(=O)CC2CSc3nc4c(c(=O)n32)CCC4)CC1. The van der Waals surface area contributed by atoms with Gasteiger partial charge in [-0.05, 0) is 38.0 Å². The van der Waals surface area contributed by atoms with E-state index in [0.29, 0.717) is 6.42 Å². The van der Waals surface area contributed by atoms with E-state index >= 15 is 0 Å². The lowest BCUT2D eigenvalue weighted by molar-refractivity contribution is -0.133. The van der Waals surface area contributed by atoms with Gasteiger partial charge in [0.2, 0.25) is 5.91 Å². The Bertz CT molecular complexity index is 692. The first-order valence-corrected chi connectivity index (χ1v) is 9.67. The molecule has 1 amide bonds. The maximum Gasteiger partial charge on any atom is 0.257 e. The Kier molecular flexibility index (Phi) is 3.95. The normalized spacial score (nSPS) is 23.9. The van der Waals surface area contributed by atoms with Gasteiger partial charge in [-0.3, -0.25) is 14.2 Å². The number of thioether (sulfide) groups is 1. The topological polar surface area (TPSA) is 55.2 Å². The number of hydrogen-bond donors (Lipinski definition) is 0. The van der Waals surface area contributed by atoms with Gasteiger partial charge in [0, 0.05) is 30.8 Å². The van der Waals surface area contributed by atoms with Crippen LogP contribution in [0.25, 0.3) is 0 Å². The third kappa shape index (κ3) is 2.71. The fourth-order valence-electron chi connectivity index (χ4n) is 3.89. The van der Waals surface area contributed by atoms with E-state index in [-0.39, 0.29) is 17.5 Å². The van der Waals surface area contributed by atoms with Crippen molar-refractivity contribution in [3.05, 3.63) is 21.6 Å². The van der Waals surface area contributed by atoms with Crippen LogP contribution in [0.1, 0.15) is 49.9 Å². The maximum atomic E-state index is 12.7. The van der Waals surface area contributed by atoms with Gasteiger partial charge in [-0.15, -0.1) is 0 Å². The first-order chi connectivity index (χ1) is 11.1. The number of aromatic nitrogens is 2. The van der Waals surface area contributed by atoms with E-state index in [1.807, 2.05) is 4.90 Å². The quantitative estimate of drug-likeness (QED) is 0.777. The number of piperidine rings is 1. The Balaban J connectivity index is 1.53. The monoisotopic (exact) mass is 333 g/mol.